The highest BCUT2D eigenvalue weighted by Crippen LogP contribution is 2.19. The molecule has 0 fully saturated rings. The zero-order valence-electron chi connectivity index (χ0n) is 16.8. The van der Waals surface area contributed by atoms with E-state index in [1.54, 1.807) is 19.1 Å². The Bertz CT molecular complexity index is 1250. The maximum atomic E-state index is 13.4. The fraction of sp³-hybridized carbons (Fsp3) is 0.190. The first-order valence-corrected chi connectivity index (χ1v) is 10.4. The lowest BCUT2D eigenvalue weighted by Gasteiger charge is -2.13. The number of aromatic nitrogens is 4. The number of hydrogen-bond acceptors (Lipinski definition) is 6. The molecule has 0 radical (unpaired) electrons. The van der Waals surface area contributed by atoms with Crippen LogP contribution in [0.15, 0.2) is 48.1 Å². The zero-order valence-corrected chi connectivity index (χ0v) is 17.6. The molecule has 8 nitrogen and oxygen atoms in total. The van der Waals surface area contributed by atoms with Crippen molar-refractivity contribution in [1.82, 2.24) is 30.2 Å². The third kappa shape index (κ3) is 4.43. The predicted molar refractivity (Wildman–Crippen MR) is 113 cm³/mol. The predicted octanol–water partition coefficient (Wildman–Crippen LogP) is 3.05. The number of hydrogen-bond donors (Lipinski definition) is 2. The van der Waals surface area contributed by atoms with Crippen LogP contribution in [0.1, 0.15) is 49.9 Å². The molecule has 3 aromatic heterocycles. The van der Waals surface area contributed by atoms with Crippen LogP contribution in [0.25, 0.3) is 5.78 Å². The Hall–Kier alpha value is -3.66. The quantitative estimate of drug-likeness (QED) is 0.482. The van der Waals surface area contributed by atoms with E-state index in [1.165, 1.54) is 34.3 Å². The number of thiophene rings is 1. The first kappa shape index (κ1) is 20.6. The van der Waals surface area contributed by atoms with Crippen LogP contribution in [-0.4, -0.2) is 31.4 Å². The lowest BCUT2D eigenvalue weighted by Crippen LogP contribution is -2.30. The summed E-state index contributed by atoms with van der Waals surface area (Å²) < 4.78 is 14.7. The number of amides is 2. The molecule has 2 N–H and O–H groups in total. The number of nitrogens with zero attached hydrogens (tertiary/aromatic N) is 4. The molecule has 4 aromatic rings. The van der Waals surface area contributed by atoms with Crippen LogP contribution in [0.2, 0.25) is 0 Å². The highest BCUT2D eigenvalue weighted by molar-refractivity contribution is 7.10. The molecule has 0 aliphatic carbocycles. The number of carbonyl (C=O) groups excluding carboxylic acids is 2. The molecule has 0 saturated heterocycles. The van der Waals surface area contributed by atoms with Gasteiger partial charge in [-0.1, -0.05) is 18.2 Å². The molecule has 0 aliphatic rings. The van der Waals surface area contributed by atoms with Crippen molar-refractivity contribution in [2.24, 2.45) is 0 Å². The van der Waals surface area contributed by atoms with Gasteiger partial charge in [0.2, 0.25) is 0 Å². The molecular weight excluding hydrogens is 419 g/mol. The monoisotopic (exact) mass is 438 g/mol. The van der Waals surface area contributed by atoms with Gasteiger partial charge >= 0.3 is 0 Å². The Morgan fingerprint density at radius 1 is 1.23 bits per heavy atom. The Balaban J connectivity index is 1.55. The fourth-order valence-electron chi connectivity index (χ4n) is 3.06. The van der Waals surface area contributed by atoms with Crippen molar-refractivity contribution in [2.75, 3.05) is 0 Å². The highest BCUT2D eigenvalue weighted by atomic mass is 32.1. The summed E-state index contributed by atoms with van der Waals surface area (Å²) in [5, 5.41) is 11.6. The van der Waals surface area contributed by atoms with Gasteiger partial charge in [-0.2, -0.15) is 14.6 Å². The van der Waals surface area contributed by atoms with Gasteiger partial charge in [-0.25, -0.2) is 9.37 Å². The van der Waals surface area contributed by atoms with Gasteiger partial charge in [0.1, 0.15) is 23.5 Å². The van der Waals surface area contributed by atoms with Crippen molar-refractivity contribution in [1.29, 1.82) is 0 Å². The Morgan fingerprint density at radius 3 is 2.81 bits per heavy atom. The summed E-state index contributed by atoms with van der Waals surface area (Å²) in [5.41, 5.74) is 1.43. The van der Waals surface area contributed by atoms with Gasteiger partial charge in [0.25, 0.3) is 17.6 Å². The second kappa shape index (κ2) is 8.60. The van der Waals surface area contributed by atoms with Gasteiger partial charge in [-0.15, -0.1) is 11.3 Å². The van der Waals surface area contributed by atoms with E-state index in [0.29, 0.717) is 5.56 Å². The average Bonchev–Trinajstić information content (AvgIpc) is 3.45. The molecule has 3 heterocycles. The maximum absolute atomic E-state index is 13.4. The summed E-state index contributed by atoms with van der Waals surface area (Å²) in [6.45, 7) is 3.72. The highest BCUT2D eigenvalue weighted by Gasteiger charge is 2.20. The largest absolute Gasteiger partial charge is 0.347 e. The molecule has 1 atom stereocenters. The topological polar surface area (TPSA) is 101 Å². The van der Waals surface area contributed by atoms with Crippen LogP contribution < -0.4 is 10.6 Å². The standard InChI is InChI=1S/C21H19FN6O2S/c1-12-8-14(5-6-15(12)22)10-23-19(29)16-9-17(28-21(27-16)24-11-25-28)20(30)26-13(2)18-4-3-7-31-18/h3-9,11,13H,10H2,1-2H3,(H,23,29)(H,26,30). The minimum Gasteiger partial charge on any atom is -0.347 e. The number of rotatable bonds is 6. The van der Waals surface area contributed by atoms with E-state index in [9.17, 15) is 14.0 Å². The van der Waals surface area contributed by atoms with Crippen molar-refractivity contribution in [3.05, 3.63) is 81.3 Å². The van der Waals surface area contributed by atoms with E-state index in [1.807, 2.05) is 24.4 Å². The van der Waals surface area contributed by atoms with Crippen molar-refractivity contribution in [3.63, 3.8) is 0 Å². The number of fused-ring (bicyclic) bond motifs is 1. The average molecular weight is 438 g/mol. The van der Waals surface area contributed by atoms with E-state index < -0.39 is 11.8 Å². The van der Waals surface area contributed by atoms with Crippen LogP contribution in [0, 0.1) is 12.7 Å². The normalized spacial score (nSPS) is 12.0. The molecule has 0 saturated carbocycles. The van der Waals surface area contributed by atoms with E-state index in [-0.39, 0.29) is 35.6 Å². The summed E-state index contributed by atoms with van der Waals surface area (Å²) in [6.07, 6.45) is 1.27. The first-order valence-electron chi connectivity index (χ1n) is 9.50. The molecule has 1 unspecified atom stereocenters. The minimum atomic E-state index is -0.479. The van der Waals surface area contributed by atoms with E-state index in [2.05, 4.69) is 25.7 Å². The second-order valence-electron chi connectivity index (χ2n) is 6.98. The number of benzene rings is 1. The number of halogens is 1. The fourth-order valence-corrected chi connectivity index (χ4v) is 3.79. The Morgan fingerprint density at radius 2 is 2.06 bits per heavy atom. The van der Waals surface area contributed by atoms with Crippen molar-refractivity contribution < 1.29 is 14.0 Å². The molecule has 0 bridgehead atoms. The van der Waals surface area contributed by atoms with Crippen LogP contribution in [0.5, 0.6) is 0 Å². The number of aryl methyl sites for hydroxylation is 1. The maximum Gasteiger partial charge on any atom is 0.270 e. The SMILES string of the molecule is Cc1cc(CNC(=O)c2cc(C(=O)NC(C)c3cccs3)n3ncnc3n2)ccc1F. The van der Waals surface area contributed by atoms with Crippen LogP contribution in [0.3, 0.4) is 0 Å². The summed E-state index contributed by atoms with van der Waals surface area (Å²) in [5.74, 6) is -1.05. The Kier molecular flexibility index (Phi) is 5.72. The first-order chi connectivity index (χ1) is 14.9. The van der Waals surface area contributed by atoms with E-state index >= 15 is 0 Å². The molecule has 158 valence electrons. The van der Waals surface area contributed by atoms with Crippen molar-refractivity contribution >= 4 is 28.9 Å². The molecule has 1 aromatic carbocycles. The lowest BCUT2D eigenvalue weighted by atomic mass is 10.1. The third-order valence-corrected chi connectivity index (χ3v) is 5.77. The molecule has 10 heteroatoms. The number of nitrogens with one attached hydrogen (secondary N) is 2. The minimum absolute atomic E-state index is 0.0354. The summed E-state index contributed by atoms with van der Waals surface area (Å²) in [7, 11) is 0. The van der Waals surface area contributed by atoms with Crippen LogP contribution in [-0.2, 0) is 6.54 Å². The van der Waals surface area contributed by atoms with Gasteiger partial charge in [-0.3, -0.25) is 9.59 Å². The molecule has 4 rings (SSSR count). The van der Waals surface area contributed by atoms with Crippen molar-refractivity contribution in [2.45, 2.75) is 26.4 Å². The third-order valence-electron chi connectivity index (χ3n) is 4.71. The van der Waals surface area contributed by atoms with Crippen LogP contribution in [0.4, 0.5) is 4.39 Å². The van der Waals surface area contributed by atoms with Crippen molar-refractivity contribution in [3.8, 4) is 0 Å². The van der Waals surface area contributed by atoms with Gasteiger partial charge in [0, 0.05) is 17.5 Å². The Labute approximate surface area is 181 Å². The van der Waals surface area contributed by atoms with E-state index in [4.69, 9.17) is 0 Å². The second-order valence-corrected chi connectivity index (χ2v) is 7.95. The van der Waals surface area contributed by atoms with E-state index in [0.717, 1.165) is 10.4 Å². The van der Waals surface area contributed by atoms with Crippen LogP contribution >= 0.6 is 11.3 Å². The summed E-state index contributed by atoms with van der Waals surface area (Å²) >= 11 is 1.54. The molecule has 31 heavy (non-hydrogen) atoms. The molecule has 0 spiro atoms. The lowest BCUT2D eigenvalue weighted by molar-refractivity contribution is 0.0932. The summed E-state index contributed by atoms with van der Waals surface area (Å²) in [4.78, 5) is 34.8. The molecule has 0 aliphatic heterocycles. The van der Waals surface area contributed by atoms with Gasteiger partial charge in [-0.05, 0) is 42.5 Å². The van der Waals surface area contributed by atoms with Gasteiger partial charge in [0.15, 0.2) is 0 Å². The number of carbonyl (C=O) groups is 2. The molecular formula is C21H19FN6O2S. The van der Waals surface area contributed by atoms with Gasteiger partial charge < -0.3 is 10.6 Å². The smallest absolute Gasteiger partial charge is 0.270 e. The molecule has 2 amide bonds. The zero-order chi connectivity index (χ0) is 22.0. The van der Waals surface area contributed by atoms with Gasteiger partial charge in [0.05, 0.1) is 6.04 Å². The summed E-state index contributed by atoms with van der Waals surface area (Å²) in [6, 6.07) is 9.63.